The van der Waals surface area contributed by atoms with Crippen molar-refractivity contribution in [2.75, 3.05) is 6.54 Å². The number of nitrogens with zero attached hydrogens (tertiary/aromatic N) is 1. The van der Waals surface area contributed by atoms with E-state index < -0.39 is 11.7 Å². The van der Waals surface area contributed by atoms with E-state index in [-0.39, 0.29) is 4.48 Å². The molecule has 0 unspecified atom stereocenters. The van der Waals surface area contributed by atoms with E-state index in [0.717, 1.165) is 12.8 Å². The molecular weight excluding hydrogens is 307 g/mol. The van der Waals surface area contributed by atoms with Crippen LogP contribution in [0.2, 0.25) is 0 Å². The van der Waals surface area contributed by atoms with Crippen LogP contribution in [0.4, 0.5) is 13.2 Å². The second-order valence-corrected chi connectivity index (χ2v) is 6.56. The second kappa shape index (κ2) is 4.02. The number of rotatable bonds is 1. The van der Waals surface area contributed by atoms with Crippen molar-refractivity contribution >= 4 is 15.9 Å². The van der Waals surface area contributed by atoms with E-state index in [9.17, 15) is 13.2 Å². The summed E-state index contributed by atoms with van der Waals surface area (Å²) in [6.45, 7) is 0.380. The molecule has 0 aromatic heterocycles. The first-order valence-corrected chi connectivity index (χ1v) is 7.10. The molecule has 1 heterocycles. The predicted octanol–water partition coefficient (Wildman–Crippen LogP) is 4.36. The summed E-state index contributed by atoms with van der Waals surface area (Å²) >= 11 is 3.04. The van der Waals surface area contributed by atoms with Gasteiger partial charge in [0.1, 0.15) is 0 Å². The van der Waals surface area contributed by atoms with Crippen LogP contribution in [0.25, 0.3) is 0 Å². The number of hydrogen-bond donors (Lipinski definition) is 0. The van der Waals surface area contributed by atoms with Crippen LogP contribution in [-0.4, -0.2) is 23.7 Å². The average Bonchev–Trinajstić information content (AvgIpc) is 2.10. The highest BCUT2D eigenvalue weighted by molar-refractivity contribution is 9.12. The third kappa shape index (κ3) is 2.00. The van der Waals surface area contributed by atoms with Crippen LogP contribution in [0.5, 0.6) is 0 Å². The Morgan fingerprint density at radius 2 is 1.94 bits per heavy atom. The van der Waals surface area contributed by atoms with Gasteiger partial charge in [-0.15, -0.1) is 0 Å². The van der Waals surface area contributed by atoms with Crippen molar-refractivity contribution in [2.45, 2.75) is 44.3 Å². The zero-order chi connectivity index (χ0) is 13.0. The molecule has 0 aromatic rings. The van der Waals surface area contributed by atoms with Gasteiger partial charge in [0, 0.05) is 23.3 Å². The van der Waals surface area contributed by atoms with Gasteiger partial charge < -0.3 is 4.90 Å². The van der Waals surface area contributed by atoms with Gasteiger partial charge in [-0.25, -0.2) is 0 Å². The van der Waals surface area contributed by atoms with Gasteiger partial charge in [-0.3, -0.25) is 0 Å². The minimum Gasteiger partial charge on any atom is -0.370 e. The number of halogens is 4. The highest BCUT2D eigenvalue weighted by Crippen LogP contribution is 2.57. The zero-order valence-electron chi connectivity index (χ0n) is 9.93. The van der Waals surface area contributed by atoms with E-state index in [1.54, 1.807) is 6.20 Å². The van der Waals surface area contributed by atoms with Gasteiger partial charge in [-0.2, -0.15) is 13.2 Å². The normalized spacial score (nSPS) is 27.4. The summed E-state index contributed by atoms with van der Waals surface area (Å²) in [7, 11) is 0. The van der Waals surface area contributed by atoms with Crippen molar-refractivity contribution in [1.82, 2.24) is 4.90 Å². The monoisotopic (exact) mass is 321 g/mol. The van der Waals surface area contributed by atoms with Gasteiger partial charge >= 0.3 is 6.18 Å². The molecule has 5 heteroatoms. The molecule has 0 amide bonds. The van der Waals surface area contributed by atoms with Crippen LogP contribution in [0.15, 0.2) is 22.3 Å². The molecule has 2 saturated carbocycles. The number of hydrogen-bond acceptors (Lipinski definition) is 1. The maximum absolute atomic E-state index is 12.6. The molecule has 3 rings (SSSR count). The first kappa shape index (κ1) is 12.6. The van der Waals surface area contributed by atoms with Crippen LogP contribution in [-0.2, 0) is 0 Å². The summed E-state index contributed by atoms with van der Waals surface area (Å²) in [6.07, 6.45) is 4.91. The lowest BCUT2D eigenvalue weighted by molar-refractivity contribution is -0.0901. The smallest absolute Gasteiger partial charge is 0.370 e. The van der Waals surface area contributed by atoms with Gasteiger partial charge in [0.05, 0.1) is 5.57 Å². The Bertz CT molecular complexity index is 412. The van der Waals surface area contributed by atoms with Crippen LogP contribution in [0.3, 0.4) is 0 Å². The standard InChI is InChI=1S/C13H15BrF3N/c14-11-8-18(5-2-10(11)13(15,16)17)9-6-12(7-9)3-1-4-12/h2,8-9H,1,3-7H2. The molecule has 2 fully saturated rings. The van der Waals surface area contributed by atoms with Gasteiger partial charge in [-0.1, -0.05) is 12.5 Å². The largest absolute Gasteiger partial charge is 0.417 e. The van der Waals surface area contributed by atoms with E-state index in [2.05, 4.69) is 15.9 Å². The van der Waals surface area contributed by atoms with Crippen molar-refractivity contribution in [3.8, 4) is 0 Å². The van der Waals surface area contributed by atoms with Crippen molar-refractivity contribution in [3.63, 3.8) is 0 Å². The lowest BCUT2D eigenvalue weighted by Gasteiger charge is -2.57. The number of allylic oxidation sites excluding steroid dienone is 2. The van der Waals surface area contributed by atoms with Crippen molar-refractivity contribution in [3.05, 3.63) is 22.3 Å². The molecule has 0 saturated heterocycles. The molecule has 1 spiro atoms. The quantitative estimate of drug-likeness (QED) is 0.693. The second-order valence-electron chi connectivity index (χ2n) is 5.71. The Hall–Kier alpha value is -0.450. The molecule has 0 aromatic carbocycles. The molecule has 1 nitrogen and oxygen atoms in total. The molecule has 0 bridgehead atoms. The molecule has 2 aliphatic carbocycles. The summed E-state index contributed by atoms with van der Waals surface area (Å²) in [5, 5.41) is 0. The molecule has 100 valence electrons. The van der Waals surface area contributed by atoms with Crippen molar-refractivity contribution in [1.29, 1.82) is 0 Å². The van der Waals surface area contributed by atoms with E-state index in [0.29, 0.717) is 18.0 Å². The highest BCUT2D eigenvalue weighted by atomic mass is 79.9. The molecule has 0 atom stereocenters. The van der Waals surface area contributed by atoms with E-state index in [1.165, 1.54) is 25.3 Å². The summed E-state index contributed by atoms with van der Waals surface area (Å²) in [6, 6.07) is 0.434. The van der Waals surface area contributed by atoms with E-state index in [4.69, 9.17) is 0 Å². The Labute approximate surface area is 113 Å². The summed E-state index contributed by atoms with van der Waals surface area (Å²) in [5.74, 6) is 0. The fraction of sp³-hybridized carbons (Fsp3) is 0.692. The van der Waals surface area contributed by atoms with Crippen LogP contribution in [0, 0.1) is 5.41 Å². The third-order valence-electron chi connectivity index (χ3n) is 4.57. The van der Waals surface area contributed by atoms with Gasteiger partial charge in [0.15, 0.2) is 0 Å². The summed E-state index contributed by atoms with van der Waals surface area (Å²) < 4.78 is 38.1. The molecule has 18 heavy (non-hydrogen) atoms. The summed E-state index contributed by atoms with van der Waals surface area (Å²) in [4.78, 5) is 2.04. The van der Waals surface area contributed by atoms with Crippen LogP contribution in [0.1, 0.15) is 32.1 Å². The highest BCUT2D eigenvalue weighted by Gasteiger charge is 2.50. The lowest BCUT2D eigenvalue weighted by Crippen LogP contribution is -2.52. The maximum atomic E-state index is 12.6. The van der Waals surface area contributed by atoms with Gasteiger partial charge in [-0.05, 0) is 47.0 Å². The van der Waals surface area contributed by atoms with Crippen LogP contribution < -0.4 is 0 Å². The number of alkyl halides is 3. The Morgan fingerprint density at radius 3 is 2.39 bits per heavy atom. The van der Waals surface area contributed by atoms with Gasteiger partial charge in [0.2, 0.25) is 0 Å². The van der Waals surface area contributed by atoms with Gasteiger partial charge in [0.25, 0.3) is 0 Å². The zero-order valence-corrected chi connectivity index (χ0v) is 11.5. The minimum atomic E-state index is -4.25. The van der Waals surface area contributed by atoms with Crippen molar-refractivity contribution < 1.29 is 13.2 Å². The van der Waals surface area contributed by atoms with Crippen LogP contribution >= 0.6 is 15.9 Å². The molecule has 1 aliphatic heterocycles. The van der Waals surface area contributed by atoms with E-state index in [1.807, 2.05) is 4.90 Å². The Morgan fingerprint density at radius 1 is 1.28 bits per heavy atom. The topological polar surface area (TPSA) is 3.24 Å². The van der Waals surface area contributed by atoms with E-state index >= 15 is 0 Å². The molecule has 0 N–H and O–H groups in total. The molecular formula is C13H15BrF3N. The molecule has 0 radical (unpaired) electrons. The predicted molar refractivity (Wildman–Crippen MR) is 67.2 cm³/mol. The maximum Gasteiger partial charge on any atom is 0.417 e. The molecule has 3 aliphatic rings. The Kier molecular flexibility index (Phi) is 2.81. The average molecular weight is 322 g/mol. The third-order valence-corrected chi connectivity index (χ3v) is 5.20. The minimum absolute atomic E-state index is 0.163. The SMILES string of the molecule is FC(F)(F)C1=CCN(C2CC3(CCC3)C2)C=C1Br. The fourth-order valence-electron chi connectivity index (χ4n) is 3.33. The fourth-order valence-corrected chi connectivity index (χ4v) is 3.98. The summed E-state index contributed by atoms with van der Waals surface area (Å²) in [5.41, 5.74) is 0.00959. The van der Waals surface area contributed by atoms with Crippen molar-refractivity contribution in [2.24, 2.45) is 5.41 Å². The first-order valence-electron chi connectivity index (χ1n) is 6.30. The first-order chi connectivity index (χ1) is 8.40. The lowest BCUT2D eigenvalue weighted by atomic mass is 9.54. The Balaban J connectivity index is 1.64.